The Labute approximate surface area is 229 Å². The van der Waals surface area contributed by atoms with E-state index in [-0.39, 0.29) is 5.69 Å². The minimum absolute atomic E-state index is 0.0905. The van der Waals surface area contributed by atoms with Gasteiger partial charge in [0, 0.05) is 36.4 Å². The van der Waals surface area contributed by atoms with Gasteiger partial charge < -0.3 is 19.5 Å². The second-order valence-corrected chi connectivity index (χ2v) is 9.15. The highest BCUT2D eigenvalue weighted by Gasteiger charge is 2.58. The van der Waals surface area contributed by atoms with Crippen LogP contribution in [0.15, 0.2) is 60.9 Å². The summed E-state index contributed by atoms with van der Waals surface area (Å²) in [6.45, 7) is 8.05. The van der Waals surface area contributed by atoms with Gasteiger partial charge in [0.25, 0.3) is 5.91 Å². The van der Waals surface area contributed by atoms with Crippen molar-refractivity contribution in [3.8, 4) is 17.5 Å². The van der Waals surface area contributed by atoms with Crippen molar-refractivity contribution in [1.82, 2.24) is 15.3 Å². The molecule has 1 aliphatic rings. The number of imide groups is 1. The molecule has 3 aromatic rings. The molecule has 1 N–H and O–H groups in total. The Balaban J connectivity index is 1.79. The van der Waals surface area contributed by atoms with Crippen LogP contribution in [-0.2, 0) is 4.79 Å². The van der Waals surface area contributed by atoms with E-state index in [2.05, 4.69) is 20.0 Å². The average Bonchev–Trinajstić information content (AvgIpc) is 3.18. The number of urea groups is 1. The lowest BCUT2D eigenvalue weighted by atomic mass is 9.70. The molecule has 1 aliphatic heterocycles. The zero-order chi connectivity index (χ0) is 29.1. The summed E-state index contributed by atoms with van der Waals surface area (Å²) in [5.41, 5.74) is -0.0381. The number of benzene rings is 1. The van der Waals surface area contributed by atoms with E-state index in [4.69, 9.17) is 9.47 Å². The molecule has 0 spiro atoms. The van der Waals surface area contributed by atoms with Gasteiger partial charge in [0.2, 0.25) is 11.8 Å². The summed E-state index contributed by atoms with van der Waals surface area (Å²) in [6.07, 6.45) is -1.75. The molecule has 0 saturated carbocycles. The van der Waals surface area contributed by atoms with E-state index in [1.807, 2.05) is 27.7 Å². The Morgan fingerprint density at radius 3 is 1.82 bits per heavy atom. The number of amides is 3. The molecule has 3 amide bonds. The van der Waals surface area contributed by atoms with Gasteiger partial charge in [-0.3, -0.25) is 4.79 Å². The number of carbonyl (C=O) groups excluding carboxylic acids is 2. The van der Waals surface area contributed by atoms with Crippen molar-refractivity contribution in [1.29, 1.82) is 0 Å². The van der Waals surface area contributed by atoms with Crippen molar-refractivity contribution in [2.24, 2.45) is 0 Å². The quantitative estimate of drug-likeness (QED) is 0.324. The first kappa shape index (κ1) is 28.7. The fourth-order valence-electron chi connectivity index (χ4n) is 4.92. The third-order valence-electron chi connectivity index (χ3n) is 6.87. The highest BCUT2D eigenvalue weighted by atomic mass is 19.4. The molecule has 0 bridgehead atoms. The number of rotatable bonds is 10. The molecule has 40 heavy (non-hydrogen) atoms. The van der Waals surface area contributed by atoms with Gasteiger partial charge in [-0.25, -0.2) is 19.7 Å². The lowest BCUT2D eigenvalue weighted by Crippen LogP contribution is -2.55. The van der Waals surface area contributed by atoms with Crippen molar-refractivity contribution < 1.29 is 37.0 Å². The monoisotopic (exact) mass is 558 g/mol. The summed E-state index contributed by atoms with van der Waals surface area (Å²) in [7, 11) is 0. The zero-order valence-electron chi connectivity index (χ0n) is 22.4. The first-order valence-electron chi connectivity index (χ1n) is 12.7. The normalized spacial score (nSPS) is 18.7. The molecule has 0 radical (unpaired) electrons. The second-order valence-electron chi connectivity index (χ2n) is 9.15. The summed E-state index contributed by atoms with van der Waals surface area (Å²) < 4.78 is 53.0. The lowest BCUT2D eigenvalue weighted by molar-refractivity contribution is -0.274. The number of hydrogen-bond acceptors (Lipinski definition) is 7. The van der Waals surface area contributed by atoms with E-state index < -0.39 is 41.4 Å². The number of ether oxygens (including phenoxy) is 3. The molecule has 1 aromatic carbocycles. The molecular weight excluding hydrogens is 529 g/mol. The smallest absolute Gasteiger partial charge is 0.478 e. The number of anilines is 1. The topological polar surface area (TPSA) is 103 Å². The fourth-order valence-corrected chi connectivity index (χ4v) is 4.92. The minimum atomic E-state index is -4.88. The van der Waals surface area contributed by atoms with E-state index in [9.17, 15) is 22.8 Å². The predicted octanol–water partition coefficient (Wildman–Crippen LogP) is 5.58. The number of nitrogens with one attached hydrogen (secondary N) is 1. The molecule has 4 rings (SSSR count). The van der Waals surface area contributed by atoms with Crippen molar-refractivity contribution in [2.75, 3.05) is 18.1 Å². The SMILES string of the molecule is CCOc1cc(C(C)C2(C(C)c3ccnc(OCC)c3)NC(=O)N(c3ccc(OC(F)(F)F)cc3)C2=O)ccn1. The van der Waals surface area contributed by atoms with Gasteiger partial charge in [0.1, 0.15) is 11.3 Å². The molecule has 2 aromatic heterocycles. The molecule has 1 saturated heterocycles. The van der Waals surface area contributed by atoms with Crippen molar-refractivity contribution >= 4 is 17.6 Å². The van der Waals surface area contributed by atoms with Crippen molar-refractivity contribution in [3.05, 3.63) is 72.1 Å². The van der Waals surface area contributed by atoms with Crippen molar-refractivity contribution in [3.63, 3.8) is 0 Å². The Morgan fingerprint density at radius 2 is 1.38 bits per heavy atom. The molecule has 0 aliphatic carbocycles. The summed E-state index contributed by atoms with van der Waals surface area (Å²) >= 11 is 0. The number of nitrogens with zero attached hydrogens (tertiary/aromatic N) is 3. The predicted molar refractivity (Wildman–Crippen MR) is 140 cm³/mol. The highest BCUT2D eigenvalue weighted by molar-refractivity contribution is 6.24. The fraction of sp³-hybridized carbons (Fsp3) is 0.357. The van der Waals surface area contributed by atoms with Crippen LogP contribution in [0, 0.1) is 0 Å². The maximum absolute atomic E-state index is 14.3. The van der Waals surface area contributed by atoms with Crippen LogP contribution in [0.25, 0.3) is 0 Å². The van der Waals surface area contributed by atoms with Gasteiger partial charge in [0.15, 0.2) is 0 Å². The first-order valence-corrected chi connectivity index (χ1v) is 12.7. The van der Waals surface area contributed by atoms with Crippen LogP contribution in [0.2, 0.25) is 0 Å². The Morgan fingerprint density at radius 1 is 0.875 bits per heavy atom. The van der Waals surface area contributed by atoms with Gasteiger partial charge in [-0.1, -0.05) is 13.8 Å². The average molecular weight is 559 g/mol. The van der Waals surface area contributed by atoms with Gasteiger partial charge >= 0.3 is 12.4 Å². The van der Waals surface area contributed by atoms with E-state index >= 15 is 0 Å². The highest BCUT2D eigenvalue weighted by Crippen LogP contribution is 2.45. The molecule has 2 atom stereocenters. The van der Waals surface area contributed by atoms with Crippen molar-refractivity contribution in [2.45, 2.75) is 51.4 Å². The zero-order valence-corrected chi connectivity index (χ0v) is 22.4. The molecule has 12 heteroatoms. The molecule has 212 valence electrons. The summed E-state index contributed by atoms with van der Waals surface area (Å²) in [5.74, 6) is -1.51. The van der Waals surface area contributed by atoms with Crippen LogP contribution in [-0.4, -0.2) is 47.0 Å². The molecule has 1 fully saturated rings. The standard InChI is InChI=1S/C28H29F3N4O5/c1-5-38-23-15-19(11-13-32-23)17(3)27(18(4)20-12-14-33-24(16-20)39-6-2)25(36)35(26(37)34-27)21-7-9-22(10-8-21)40-28(29,30)31/h7-18H,5-6H2,1-4H3,(H,34,37). The first-order chi connectivity index (χ1) is 19.0. The number of aromatic nitrogens is 2. The number of alkyl halides is 3. The van der Waals surface area contributed by atoms with E-state index in [1.165, 1.54) is 12.1 Å². The summed E-state index contributed by atoms with van der Waals surface area (Å²) in [6, 6.07) is 10.7. The van der Waals surface area contributed by atoms with Crippen LogP contribution in [0.3, 0.4) is 0 Å². The largest absolute Gasteiger partial charge is 0.573 e. The lowest BCUT2D eigenvalue weighted by Gasteiger charge is -2.39. The molecule has 2 unspecified atom stereocenters. The van der Waals surface area contributed by atoms with Gasteiger partial charge in [-0.15, -0.1) is 13.2 Å². The molecular formula is C28H29F3N4O5. The van der Waals surface area contributed by atoms with Crippen LogP contribution in [0.4, 0.5) is 23.7 Å². The number of hydrogen-bond donors (Lipinski definition) is 1. The van der Waals surface area contributed by atoms with Crippen LogP contribution < -0.4 is 24.4 Å². The Kier molecular flexibility index (Phi) is 8.17. The number of pyridine rings is 2. The van der Waals surface area contributed by atoms with Crippen LogP contribution in [0.1, 0.15) is 50.7 Å². The van der Waals surface area contributed by atoms with E-state index in [0.29, 0.717) is 36.1 Å². The van der Waals surface area contributed by atoms with Gasteiger partial charge in [-0.05, 0) is 61.4 Å². The summed E-state index contributed by atoms with van der Waals surface area (Å²) in [5, 5.41) is 2.92. The third kappa shape index (κ3) is 5.65. The minimum Gasteiger partial charge on any atom is -0.478 e. The summed E-state index contributed by atoms with van der Waals surface area (Å²) in [4.78, 5) is 37.1. The number of halogens is 3. The maximum atomic E-state index is 14.3. The van der Waals surface area contributed by atoms with Gasteiger partial charge in [-0.2, -0.15) is 0 Å². The van der Waals surface area contributed by atoms with E-state index in [0.717, 1.165) is 17.0 Å². The van der Waals surface area contributed by atoms with Gasteiger partial charge in [0.05, 0.1) is 18.9 Å². The molecule has 9 nitrogen and oxygen atoms in total. The van der Waals surface area contributed by atoms with Crippen LogP contribution in [0.5, 0.6) is 17.5 Å². The number of carbonyl (C=O) groups is 2. The second kappa shape index (κ2) is 11.4. The Hall–Kier alpha value is -4.35. The van der Waals surface area contributed by atoms with Crippen LogP contribution >= 0.6 is 0 Å². The van der Waals surface area contributed by atoms with E-state index in [1.54, 1.807) is 36.7 Å². The molecule has 3 heterocycles. The maximum Gasteiger partial charge on any atom is 0.573 e. The third-order valence-corrected chi connectivity index (χ3v) is 6.87. The Bertz CT molecular complexity index is 1310.